The summed E-state index contributed by atoms with van der Waals surface area (Å²) in [5.41, 5.74) is 2.26. The molecule has 1 amide bonds. The number of benzene rings is 3. The molecule has 0 radical (unpaired) electrons. The van der Waals surface area contributed by atoms with Crippen LogP contribution in [0.1, 0.15) is 40.4 Å². The van der Waals surface area contributed by atoms with Crippen molar-refractivity contribution in [2.45, 2.75) is 37.4 Å². The van der Waals surface area contributed by atoms with E-state index in [0.717, 1.165) is 46.7 Å². The average molecular weight is 530 g/mol. The molecule has 9 heteroatoms. The number of nitrogens with zero attached hydrogens (tertiary/aromatic N) is 1. The second kappa shape index (κ2) is 11.7. The first-order valence-electron chi connectivity index (χ1n) is 11.9. The maximum absolute atomic E-state index is 13.0. The van der Waals surface area contributed by atoms with Crippen LogP contribution in [0.5, 0.6) is 5.75 Å². The minimum absolute atomic E-state index is 0.130. The molecule has 3 aromatic rings. The zero-order valence-corrected chi connectivity index (χ0v) is 21.0. The Balaban J connectivity index is 1.33. The van der Waals surface area contributed by atoms with E-state index in [1.54, 1.807) is 30.8 Å². The van der Waals surface area contributed by atoms with Gasteiger partial charge in [0, 0.05) is 16.1 Å². The fraction of sp³-hybridized carbons (Fsp3) is 0.286. The Morgan fingerprint density at radius 3 is 2.54 bits per heavy atom. The third-order valence-electron chi connectivity index (χ3n) is 5.86. The largest absolute Gasteiger partial charge is 0.482 e. The van der Waals surface area contributed by atoms with Crippen LogP contribution in [0.3, 0.4) is 0 Å². The van der Waals surface area contributed by atoms with Crippen LogP contribution in [0, 0.1) is 0 Å². The zero-order chi connectivity index (χ0) is 26.4. The molecule has 3 aromatic carbocycles. The van der Waals surface area contributed by atoms with E-state index in [1.165, 1.54) is 17.0 Å². The number of carbonyl (C=O) groups is 2. The lowest BCUT2D eigenvalue weighted by atomic mass is 10.1. The summed E-state index contributed by atoms with van der Waals surface area (Å²) in [5, 5.41) is 0. The fourth-order valence-corrected chi connectivity index (χ4v) is 5.10. The molecule has 0 saturated carbocycles. The van der Waals surface area contributed by atoms with Gasteiger partial charge in [0.1, 0.15) is 5.75 Å². The van der Waals surface area contributed by atoms with Crippen LogP contribution in [-0.2, 0) is 28.7 Å². The summed E-state index contributed by atoms with van der Waals surface area (Å²) in [6.07, 6.45) is -2.72. The van der Waals surface area contributed by atoms with Gasteiger partial charge >= 0.3 is 12.1 Å². The monoisotopic (exact) mass is 529 g/mol. The quantitative estimate of drug-likeness (QED) is 0.170. The Bertz CT molecular complexity index is 1260. The lowest BCUT2D eigenvalue weighted by molar-refractivity contribution is -0.145. The van der Waals surface area contributed by atoms with Crippen molar-refractivity contribution in [1.29, 1.82) is 0 Å². The lowest BCUT2D eigenvalue weighted by Crippen LogP contribution is -2.23. The van der Waals surface area contributed by atoms with Gasteiger partial charge < -0.3 is 14.4 Å². The molecule has 194 valence electrons. The number of fused-ring (bicyclic) bond motifs is 1. The molecule has 5 nitrogen and oxygen atoms in total. The highest BCUT2D eigenvalue weighted by Gasteiger charge is 2.33. The van der Waals surface area contributed by atoms with Crippen molar-refractivity contribution in [2.24, 2.45) is 0 Å². The van der Waals surface area contributed by atoms with Gasteiger partial charge in [0.05, 0.1) is 18.7 Å². The Morgan fingerprint density at radius 1 is 1.05 bits per heavy atom. The van der Waals surface area contributed by atoms with Gasteiger partial charge in [-0.05, 0) is 85.2 Å². The first-order valence-corrected chi connectivity index (χ1v) is 12.9. The second-order valence-electron chi connectivity index (χ2n) is 8.41. The molecule has 1 aliphatic heterocycles. The number of hydrogen-bond acceptors (Lipinski definition) is 5. The summed E-state index contributed by atoms with van der Waals surface area (Å²) in [4.78, 5) is 26.9. The maximum atomic E-state index is 13.0. The first-order chi connectivity index (χ1) is 17.8. The van der Waals surface area contributed by atoms with Crippen molar-refractivity contribution in [1.82, 2.24) is 0 Å². The zero-order valence-electron chi connectivity index (χ0n) is 20.2. The summed E-state index contributed by atoms with van der Waals surface area (Å²) < 4.78 is 49.1. The van der Waals surface area contributed by atoms with Gasteiger partial charge in [0.25, 0.3) is 5.91 Å². The summed E-state index contributed by atoms with van der Waals surface area (Å²) in [6, 6.07) is 17.8. The highest BCUT2D eigenvalue weighted by Crippen LogP contribution is 2.36. The lowest BCUT2D eigenvalue weighted by Gasteiger charge is -2.17. The fourth-order valence-electron chi connectivity index (χ4n) is 4.07. The number of carbonyl (C=O) groups excluding carboxylic acids is 2. The number of esters is 1. The Labute approximate surface area is 217 Å². The molecule has 0 aromatic heterocycles. The second-order valence-corrected chi connectivity index (χ2v) is 9.55. The van der Waals surface area contributed by atoms with Gasteiger partial charge in [-0.2, -0.15) is 13.2 Å². The van der Waals surface area contributed by atoms with E-state index in [4.69, 9.17) is 9.47 Å². The van der Waals surface area contributed by atoms with Crippen LogP contribution in [0.15, 0.2) is 71.6 Å². The molecule has 0 atom stereocenters. The van der Waals surface area contributed by atoms with Crippen LogP contribution in [0.25, 0.3) is 0 Å². The van der Waals surface area contributed by atoms with Crippen LogP contribution in [0.2, 0.25) is 0 Å². The molecule has 0 fully saturated rings. The Hall–Kier alpha value is -3.46. The number of amides is 1. The first kappa shape index (κ1) is 26.6. The number of aryl methyl sites for hydroxylation is 1. The number of halogens is 3. The molecular formula is C28H26F3NO4S. The maximum Gasteiger partial charge on any atom is 0.416 e. The van der Waals surface area contributed by atoms with E-state index >= 15 is 0 Å². The molecule has 1 heterocycles. The minimum Gasteiger partial charge on any atom is -0.482 e. The summed E-state index contributed by atoms with van der Waals surface area (Å²) in [7, 11) is 0. The SMILES string of the molecule is CCOC(=O)COc1cccc(CCCSc2cccc3c2CN(c2ccc(C(F)(F)F)cc2)C3=O)c1. The smallest absolute Gasteiger partial charge is 0.416 e. The van der Waals surface area contributed by atoms with E-state index in [1.807, 2.05) is 30.3 Å². The molecule has 37 heavy (non-hydrogen) atoms. The van der Waals surface area contributed by atoms with Crippen LogP contribution in [-0.4, -0.2) is 30.8 Å². The van der Waals surface area contributed by atoms with Crippen LogP contribution in [0.4, 0.5) is 18.9 Å². The Kier molecular flexibility index (Phi) is 8.43. The molecule has 0 bridgehead atoms. The van der Waals surface area contributed by atoms with Gasteiger partial charge in [0.15, 0.2) is 6.61 Å². The van der Waals surface area contributed by atoms with Crippen LogP contribution < -0.4 is 9.64 Å². The number of thioether (sulfide) groups is 1. The van der Waals surface area contributed by atoms with Gasteiger partial charge in [0.2, 0.25) is 0 Å². The average Bonchev–Trinajstić information content (AvgIpc) is 3.22. The van der Waals surface area contributed by atoms with Crippen molar-refractivity contribution < 1.29 is 32.2 Å². The number of alkyl halides is 3. The van der Waals surface area contributed by atoms with Crippen LogP contribution >= 0.6 is 11.8 Å². The highest BCUT2D eigenvalue weighted by atomic mass is 32.2. The predicted molar refractivity (Wildman–Crippen MR) is 136 cm³/mol. The van der Waals surface area contributed by atoms with Crippen molar-refractivity contribution >= 4 is 29.3 Å². The van der Waals surface area contributed by atoms with E-state index in [2.05, 4.69) is 0 Å². The summed E-state index contributed by atoms with van der Waals surface area (Å²) >= 11 is 1.65. The van der Waals surface area contributed by atoms with Crippen molar-refractivity contribution in [2.75, 3.05) is 23.9 Å². The van der Waals surface area contributed by atoms with Gasteiger partial charge in [-0.3, -0.25) is 4.79 Å². The normalized spacial score (nSPS) is 13.0. The number of hydrogen-bond donors (Lipinski definition) is 0. The van der Waals surface area contributed by atoms with E-state index < -0.39 is 17.7 Å². The van der Waals surface area contributed by atoms with Crippen molar-refractivity contribution in [3.05, 3.63) is 89.0 Å². The highest BCUT2D eigenvalue weighted by molar-refractivity contribution is 7.99. The predicted octanol–water partition coefficient (Wildman–Crippen LogP) is 6.53. The molecule has 0 saturated heterocycles. The van der Waals surface area contributed by atoms with Gasteiger partial charge in [-0.15, -0.1) is 11.8 Å². The van der Waals surface area contributed by atoms with Gasteiger partial charge in [-0.25, -0.2) is 4.79 Å². The minimum atomic E-state index is -4.42. The van der Waals surface area contributed by atoms with Crippen molar-refractivity contribution in [3.63, 3.8) is 0 Å². The summed E-state index contributed by atoms with van der Waals surface area (Å²) in [5.74, 6) is 0.812. The number of ether oxygens (including phenoxy) is 2. The Morgan fingerprint density at radius 2 is 1.81 bits per heavy atom. The molecule has 0 N–H and O–H groups in total. The van der Waals surface area contributed by atoms with E-state index in [-0.39, 0.29) is 12.5 Å². The van der Waals surface area contributed by atoms with E-state index in [0.29, 0.717) is 30.2 Å². The topological polar surface area (TPSA) is 55.8 Å². The molecule has 0 unspecified atom stereocenters. The van der Waals surface area contributed by atoms with E-state index in [9.17, 15) is 22.8 Å². The van der Waals surface area contributed by atoms with Crippen molar-refractivity contribution in [3.8, 4) is 5.75 Å². The molecule has 4 rings (SSSR count). The third kappa shape index (κ3) is 6.65. The third-order valence-corrected chi connectivity index (χ3v) is 7.05. The number of anilines is 1. The molecule has 0 aliphatic carbocycles. The molecule has 0 spiro atoms. The summed E-state index contributed by atoms with van der Waals surface area (Å²) in [6.45, 7) is 2.25. The van der Waals surface area contributed by atoms with Gasteiger partial charge in [-0.1, -0.05) is 18.2 Å². The number of rotatable bonds is 10. The standard InChI is InChI=1S/C28H26F3NO4S/c1-2-35-26(33)18-36-22-8-3-6-19(16-22)7-5-15-37-25-10-4-9-23-24(25)17-32(27(23)34)21-13-11-20(12-14-21)28(29,30)31/h3-4,6,8-14,16H,2,5,7,15,17-18H2,1H3. The molecular weight excluding hydrogens is 503 g/mol. The molecule has 1 aliphatic rings.